The van der Waals surface area contributed by atoms with E-state index in [1.807, 2.05) is 0 Å². The van der Waals surface area contributed by atoms with Crippen LogP contribution in [-0.2, 0) is 10.0 Å². The van der Waals surface area contributed by atoms with Gasteiger partial charge in [-0.25, -0.2) is 13.1 Å². The van der Waals surface area contributed by atoms with E-state index in [-0.39, 0.29) is 10.4 Å². The fourth-order valence-electron chi connectivity index (χ4n) is 2.02. The first-order chi connectivity index (χ1) is 8.08. The van der Waals surface area contributed by atoms with Crippen molar-refractivity contribution in [1.29, 1.82) is 0 Å². The van der Waals surface area contributed by atoms with Crippen molar-refractivity contribution in [2.24, 2.45) is 5.92 Å². The Morgan fingerprint density at radius 2 is 2.12 bits per heavy atom. The summed E-state index contributed by atoms with van der Waals surface area (Å²) in [6.07, 6.45) is 5.34. The summed E-state index contributed by atoms with van der Waals surface area (Å²) < 4.78 is 26.2. The number of halogens is 1. The normalized spacial score (nSPS) is 25.9. The van der Waals surface area contributed by atoms with E-state index in [1.165, 1.54) is 12.3 Å². The van der Waals surface area contributed by atoms with Gasteiger partial charge in [0.15, 0.2) is 5.03 Å². The van der Waals surface area contributed by atoms with Crippen LogP contribution in [0, 0.1) is 5.92 Å². The van der Waals surface area contributed by atoms with Gasteiger partial charge in [0, 0.05) is 11.9 Å². The minimum Gasteiger partial charge on any atom is -0.266 e. The Kier molecular flexibility index (Phi) is 4.06. The van der Waals surface area contributed by atoms with Crippen LogP contribution in [0.5, 0.6) is 0 Å². The van der Waals surface area contributed by atoms with Gasteiger partial charge in [-0.1, -0.05) is 0 Å². The molecule has 2 N–H and O–H groups in total. The molecule has 1 aromatic rings. The Balaban J connectivity index is 1.86. The molecule has 1 fully saturated rings. The van der Waals surface area contributed by atoms with Crippen LogP contribution in [0.25, 0.3) is 0 Å². The van der Waals surface area contributed by atoms with E-state index < -0.39 is 10.0 Å². The van der Waals surface area contributed by atoms with Crippen LogP contribution < -0.4 is 4.72 Å². The SMILES string of the molecule is O=S(=O)(NCC1CCC(Cl)CC1)c1ccn[nH]1. The number of sulfonamides is 1. The highest BCUT2D eigenvalue weighted by Gasteiger charge is 2.22. The monoisotopic (exact) mass is 277 g/mol. The van der Waals surface area contributed by atoms with Gasteiger partial charge in [0.05, 0.1) is 6.20 Å². The first-order valence-electron chi connectivity index (χ1n) is 5.71. The van der Waals surface area contributed by atoms with E-state index >= 15 is 0 Å². The third kappa shape index (κ3) is 3.43. The summed E-state index contributed by atoms with van der Waals surface area (Å²) in [7, 11) is -3.43. The van der Waals surface area contributed by atoms with Crippen LogP contribution in [-0.4, -0.2) is 30.5 Å². The van der Waals surface area contributed by atoms with Crippen LogP contribution in [0.2, 0.25) is 0 Å². The van der Waals surface area contributed by atoms with E-state index in [0.29, 0.717) is 12.5 Å². The number of alkyl halides is 1. The highest BCUT2D eigenvalue weighted by atomic mass is 35.5. The Morgan fingerprint density at radius 3 is 2.71 bits per heavy atom. The molecule has 0 atom stereocenters. The summed E-state index contributed by atoms with van der Waals surface area (Å²) in [4.78, 5) is 0. The summed E-state index contributed by atoms with van der Waals surface area (Å²) in [6, 6.07) is 1.44. The molecule has 0 radical (unpaired) electrons. The molecule has 1 aromatic heterocycles. The molecule has 1 heterocycles. The van der Waals surface area contributed by atoms with Crippen LogP contribution in [0.15, 0.2) is 17.3 Å². The van der Waals surface area contributed by atoms with E-state index in [9.17, 15) is 8.42 Å². The lowest BCUT2D eigenvalue weighted by atomic mass is 9.89. The number of hydrogen-bond acceptors (Lipinski definition) is 3. The summed E-state index contributed by atoms with van der Waals surface area (Å²) in [6.45, 7) is 0.477. The standard InChI is InChI=1S/C10H16ClN3O2S/c11-9-3-1-8(2-4-9)7-13-17(15,16)10-5-6-12-14-10/h5-6,8-9,13H,1-4,7H2,(H,12,14). The molecule has 96 valence electrons. The van der Waals surface area contributed by atoms with Gasteiger partial charge in [-0.15, -0.1) is 11.6 Å². The van der Waals surface area contributed by atoms with Crippen molar-refractivity contribution in [2.75, 3.05) is 6.54 Å². The fourth-order valence-corrected chi connectivity index (χ4v) is 3.30. The third-order valence-electron chi connectivity index (χ3n) is 3.10. The maximum atomic E-state index is 11.8. The largest absolute Gasteiger partial charge is 0.266 e. The number of nitrogens with zero attached hydrogens (tertiary/aromatic N) is 1. The van der Waals surface area contributed by atoms with Crippen LogP contribution >= 0.6 is 11.6 Å². The molecule has 1 aliphatic carbocycles. The highest BCUT2D eigenvalue weighted by molar-refractivity contribution is 7.89. The quantitative estimate of drug-likeness (QED) is 0.819. The number of nitrogens with one attached hydrogen (secondary N) is 2. The zero-order valence-electron chi connectivity index (χ0n) is 9.39. The smallest absolute Gasteiger partial charge is 0.257 e. The lowest BCUT2D eigenvalue weighted by molar-refractivity contribution is 0.361. The summed E-state index contributed by atoms with van der Waals surface area (Å²) in [5.74, 6) is 0.391. The summed E-state index contributed by atoms with van der Waals surface area (Å²) in [5.41, 5.74) is 0. The van der Waals surface area contributed by atoms with Gasteiger partial charge in [-0.05, 0) is 37.7 Å². The molecule has 17 heavy (non-hydrogen) atoms. The number of hydrogen-bond donors (Lipinski definition) is 2. The van der Waals surface area contributed by atoms with E-state index in [4.69, 9.17) is 11.6 Å². The second kappa shape index (κ2) is 5.37. The maximum Gasteiger partial charge on any atom is 0.257 e. The third-order valence-corrected chi connectivity index (χ3v) is 4.89. The van der Waals surface area contributed by atoms with Crippen LogP contribution in [0.4, 0.5) is 0 Å². The van der Waals surface area contributed by atoms with Crippen LogP contribution in [0.3, 0.4) is 0 Å². The minimum absolute atomic E-state index is 0.114. The molecule has 0 spiro atoms. The molecule has 0 saturated heterocycles. The Morgan fingerprint density at radius 1 is 1.41 bits per heavy atom. The zero-order valence-corrected chi connectivity index (χ0v) is 11.0. The molecule has 0 amide bonds. The molecule has 5 nitrogen and oxygen atoms in total. The average Bonchev–Trinajstić information content (AvgIpc) is 2.82. The molecule has 0 unspecified atom stereocenters. The van der Waals surface area contributed by atoms with E-state index in [1.54, 1.807) is 0 Å². The van der Waals surface area contributed by atoms with Crippen LogP contribution in [0.1, 0.15) is 25.7 Å². The zero-order chi connectivity index (χ0) is 12.3. The minimum atomic E-state index is -3.43. The van der Waals surface area contributed by atoms with Crippen molar-refractivity contribution in [2.45, 2.75) is 36.1 Å². The number of H-pyrrole nitrogens is 1. The first-order valence-corrected chi connectivity index (χ1v) is 7.63. The van der Waals surface area contributed by atoms with Gasteiger partial charge >= 0.3 is 0 Å². The van der Waals surface area contributed by atoms with Crippen molar-refractivity contribution in [3.63, 3.8) is 0 Å². The van der Waals surface area contributed by atoms with Gasteiger partial charge in [0.2, 0.25) is 0 Å². The lowest BCUT2D eigenvalue weighted by Gasteiger charge is -2.24. The van der Waals surface area contributed by atoms with Crippen molar-refractivity contribution in [3.8, 4) is 0 Å². The molecule has 1 aliphatic rings. The fraction of sp³-hybridized carbons (Fsp3) is 0.700. The highest BCUT2D eigenvalue weighted by Crippen LogP contribution is 2.27. The summed E-state index contributed by atoms with van der Waals surface area (Å²) >= 11 is 6.00. The molecule has 7 heteroatoms. The second-order valence-corrected chi connectivity index (χ2v) is 6.74. The number of aromatic amines is 1. The average molecular weight is 278 g/mol. The van der Waals surface area contributed by atoms with Gasteiger partial charge < -0.3 is 0 Å². The van der Waals surface area contributed by atoms with Gasteiger partial charge in [0.25, 0.3) is 10.0 Å². The van der Waals surface area contributed by atoms with Crippen molar-refractivity contribution >= 4 is 21.6 Å². The Labute approximate surface area is 106 Å². The number of rotatable bonds is 4. The van der Waals surface area contributed by atoms with Gasteiger partial charge in [-0.2, -0.15) is 5.10 Å². The van der Waals surface area contributed by atoms with Gasteiger partial charge in [0.1, 0.15) is 0 Å². The van der Waals surface area contributed by atoms with E-state index in [0.717, 1.165) is 25.7 Å². The Hall–Kier alpha value is -0.590. The predicted octanol–water partition coefficient (Wildman–Crippen LogP) is 1.49. The molecular formula is C10H16ClN3O2S. The van der Waals surface area contributed by atoms with Crippen molar-refractivity contribution in [3.05, 3.63) is 12.3 Å². The molecule has 2 rings (SSSR count). The second-order valence-electron chi connectivity index (χ2n) is 4.39. The van der Waals surface area contributed by atoms with Crippen molar-refractivity contribution < 1.29 is 8.42 Å². The maximum absolute atomic E-state index is 11.8. The summed E-state index contributed by atoms with van der Waals surface area (Å²) in [5, 5.41) is 6.46. The molecular weight excluding hydrogens is 262 g/mol. The van der Waals surface area contributed by atoms with Crippen molar-refractivity contribution in [1.82, 2.24) is 14.9 Å². The molecule has 0 aromatic carbocycles. The molecule has 1 saturated carbocycles. The Bertz CT molecular complexity index is 438. The lowest BCUT2D eigenvalue weighted by Crippen LogP contribution is -2.31. The van der Waals surface area contributed by atoms with Gasteiger partial charge in [-0.3, -0.25) is 5.10 Å². The molecule has 0 bridgehead atoms. The van der Waals surface area contributed by atoms with E-state index in [2.05, 4.69) is 14.9 Å². The first kappa shape index (κ1) is 12.9. The predicted molar refractivity (Wildman–Crippen MR) is 65.4 cm³/mol. The number of aromatic nitrogens is 2. The topological polar surface area (TPSA) is 74.8 Å². The molecule has 0 aliphatic heterocycles.